The smallest absolute Gasteiger partial charge is 0.310 e. The summed E-state index contributed by atoms with van der Waals surface area (Å²) in [4.78, 5) is 10.9. The SMILES string of the molecule is O=C(O)C(C=C(Cl)Cl)Cc1ccccc1. The largest absolute Gasteiger partial charge is 0.481 e. The van der Waals surface area contributed by atoms with Crippen molar-refractivity contribution in [3.05, 3.63) is 46.5 Å². The average molecular weight is 245 g/mol. The quantitative estimate of drug-likeness (QED) is 0.883. The van der Waals surface area contributed by atoms with Crippen molar-refractivity contribution in [3.63, 3.8) is 0 Å². The Hall–Kier alpha value is -0.990. The minimum Gasteiger partial charge on any atom is -0.481 e. The van der Waals surface area contributed by atoms with Crippen LogP contribution in [0, 0.1) is 5.92 Å². The van der Waals surface area contributed by atoms with E-state index in [4.69, 9.17) is 28.3 Å². The Morgan fingerprint density at radius 2 is 1.93 bits per heavy atom. The Morgan fingerprint density at radius 3 is 2.40 bits per heavy atom. The van der Waals surface area contributed by atoms with Crippen LogP contribution in [0.2, 0.25) is 0 Å². The van der Waals surface area contributed by atoms with E-state index in [0.717, 1.165) is 5.56 Å². The van der Waals surface area contributed by atoms with Crippen LogP contribution in [0.1, 0.15) is 5.56 Å². The van der Waals surface area contributed by atoms with Crippen molar-refractivity contribution in [2.75, 3.05) is 0 Å². The summed E-state index contributed by atoms with van der Waals surface area (Å²) in [7, 11) is 0. The molecule has 2 nitrogen and oxygen atoms in total. The van der Waals surface area contributed by atoms with Gasteiger partial charge in [0.2, 0.25) is 0 Å². The molecule has 1 N–H and O–H groups in total. The number of carboxylic acid groups (broad SMARTS) is 1. The Bertz CT molecular complexity index is 356. The third-order valence-electron chi connectivity index (χ3n) is 1.94. The molecule has 0 saturated heterocycles. The zero-order valence-electron chi connectivity index (χ0n) is 7.86. The predicted octanol–water partition coefficient (Wildman–Crippen LogP) is 3.25. The maximum atomic E-state index is 10.9. The lowest BCUT2D eigenvalue weighted by Crippen LogP contribution is -2.13. The van der Waals surface area contributed by atoms with Gasteiger partial charge in [0.25, 0.3) is 0 Å². The second-order valence-corrected chi connectivity index (χ2v) is 4.10. The van der Waals surface area contributed by atoms with Gasteiger partial charge in [-0.25, -0.2) is 0 Å². The van der Waals surface area contributed by atoms with Crippen LogP contribution in [-0.2, 0) is 11.2 Å². The van der Waals surface area contributed by atoms with E-state index in [0.29, 0.717) is 6.42 Å². The van der Waals surface area contributed by atoms with Crippen LogP contribution in [-0.4, -0.2) is 11.1 Å². The first-order valence-electron chi connectivity index (χ1n) is 4.39. The second-order valence-electron chi connectivity index (χ2n) is 3.09. The monoisotopic (exact) mass is 244 g/mol. The first-order valence-corrected chi connectivity index (χ1v) is 5.14. The molecule has 4 heteroatoms. The number of benzene rings is 1. The van der Waals surface area contributed by atoms with Crippen molar-refractivity contribution in [1.29, 1.82) is 0 Å². The van der Waals surface area contributed by atoms with Gasteiger partial charge in [-0.2, -0.15) is 0 Å². The molecule has 0 aliphatic heterocycles. The van der Waals surface area contributed by atoms with E-state index in [1.54, 1.807) is 0 Å². The number of carbonyl (C=O) groups is 1. The predicted molar refractivity (Wildman–Crippen MR) is 61.1 cm³/mol. The van der Waals surface area contributed by atoms with Gasteiger partial charge >= 0.3 is 5.97 Å². The third kappa shape index (κ3) is 4.36. The molecule has 80 valence electrons. The Labute approximate surface area is 98.1 Å². The second kappa shape index (κ2) is 5.79. The van der Waals surface area contributed by atoms with Gasteiger partial charge in [0, 0.05) is 0 Å². The summed E-state index contributed by atoms with van der Waals surface area (Å²) in [6.45, 7) is 0. The lowest BCUT2D eigenvalue weighted by Gasteiger charge is -2.07. The first kappa shape index (κ1) is 12.1. The zero-order valence-corrected chi connectivity index (χ0v) is 9.37. The molecule has 0 aliphatic carbocycles. The number of carboxylic acids is 1. The summed E-state index contributed by atoms with van der Waals surface area (Å²) < 4.78 is -0.0154. The molecule has 0 radical (unpaired) electrons. The summed E-state index contributed by atoms with van der Waals surface area (Å²) in [6, 6.07) is 9.34. The van der Waals surface area contributed by atoms with Crippen LogP contribution in [0.5, 0.6) is 0 Å². The van der Waals surface area contributed by atoms with Crippen LogP contribution in [0.4, 0.5) is 0 Å². The van der Waals surface area contributed by atoms with Crippen molar-refractivity contribution in [1.82, 2.24) is 0 Å². The lowest BCUT2D eigenvalue weighted by atomic mass is 10.00. The van der Waals surface area contributed by atoms with Crippen molar-refractivity contribution >= 4 is 29.2 Å². The van der Waals surface area contributed by atoms with Gasteiger partial charge in [0.1, 0.15) is 4.49 Å². The molecule has 0 saturated carbocycles. The Kier molecular flexibility index (Phi) is 4.66. The van der Waals surface area contributed by atoms with E-state index in [9.17, 15) is 4.79 Å². The highest BCUT2D eigenvalue weighted by Gasteiger charge is 2.15. The zero-order chi connectivity index (χ0) is 11.3. The molecular formula is C11H10Cl2O2. The average Bonchev–Trinajstić information content (AvgIpc) is 2.17. The maximum Gasteiger partial charge on any atom is 0.310 e. The van der Waals surface area contributed by atoms with Gasteiger partial charge in [-0.15, -0.1) is 0 Å². The minimum atomic E-state index is -0.933. The van der Waals surface area contributed by atoms with Gasteiger partial charge in [0.05, 0.1) is 5.92 Å². The molecule has 1 aromatic rings. The molecule has 0 aliphatic rings. The Morgan fingerprint density at radius 1 is 1.33 bits per heavy atom. The molecule has 0 amide bonds. The van der Waals surface area contributed by atoms with E-state index < -0.39 is 11.9 Å². The molecule has 0 heterocycles. The highest BCUT2D eigenvalue weighted by atomic mass is 35.5. The molecular weight excluding hydrogens is 235 g/mol. The van der Waals surface area contributed by atoms with E-state index >= 15 is 0 Å². The summed E-state index contributed by atoms with van der Waals surface area (Å²) in [5.74, 6) is -1.62. The fraction of sp³-hybridized carbons (Fsp3) is 0.182. The molecule has 1 unspecified atom stereocenters. The maximum absolute atomic E-state index is 10.9. The molecule has 0 aromatic heterocycles. The molecule has 1 atom stereocenters. The van der Waals surface area contributed by atoms with Gasteiger partial charge in [0.15, 0.2) is 0 Å². The molecule has 0 spiro atoms. The number of rotatable bonds is 4. The summed E-state index contributed by atoms with van der Waals surface area (Å²) in [5, 5.41) is 8.92. The normalized spacial score (nSPS) is 11.9. The van der Waals surface area contributed by atoms with Crippen LogP contribution >= 0.6 is 23.2 Å². The van der Waals surface area contributed by atoms with Crippen LogP contribution in [0.25, 0.3) is 0 Å². The van der Waals surface area contributed by atoms with Crippen LogP contribution in [0.15, 0.2) is 40.9 Å². The third-order valence-corrected chi connectivity index (χ3v) is 2.19. The van der Waals surface area contributed by atoms with Crippen LogP contribution < -0.4 is 0 Å². The summed E-state index contributed by atoms with van der Waals surface area (Å²) in [6.07, 6.45) is 1.72. The molecule has 0 bridgehead atoms. The standard InChI is InChI=1S/C11H10Cl2O2/c12-10(13)7-9(11(14)15)6-8-4-2-1-3-5-8/h1-5,7,9H,6H2,(H,14,15). The topological polar surface area (TPSA) is 37.3 Å². The minimum absolute atomic E-state index is 0.0154. The first-order chi connectivity index (χ1) is 7.09. The van der Waals surface area contributed by atoms with Gasteiger partial charge in [-0.3, -0.25) is 4.79 Å². The number of hydrogen-bond donors (Lipinski definition) is 1. The number of hydrogen-bond acceptors (Lipinski definition) is 1. The fourth-order valence-corrected chi connectivity index (χ4v) is 1.54. The van der Waals surface area contributed by atoms with Crippen molar-refractivity contribution in [2.45, 2.75) is 6.42 Å². The van der Waals surface area contributed by atoms with Gasteiger partial charge < -0.3 is 5.11 Å². The molecule has 15 heavy (non-hydrogen) atoms. The number of aliphatic carboxylic acids is 1. The van der Waals surface area contributed by atoms with Crippen molar-refractivity contribution in [2.24, 2.45) is 5.92 Å². The van der Waals surface area contributed by atoms with Crippen molar-refractivity contribution < 1.29 is 9.90 Å². The van der Waals surface area contributed by atoms with E-state index in [1.165, 1.54) is 6.08 Å². The van der Waals surface area contributed by atoms with E-state index in [2.05, 4.69) is 0 Å². The highest BCUT2D eigenvalue weighted by molar-refractivity contribution is 6.55. The van der Waals surface area contributed by atoms with Gasteiger partial charge in [-0.1, -0.05) is 53.5 Å². The molecule has 1 aromatic carbocycles. The summed E-state index contributed by atoms with van der Waals surface area (Å²) >= 11 is 10.9. The summed E-state index contributed by atoms with van der Waals surface area (Å²) in [5.41, 5.74) is 0.940. The molecule has 0 fully saturated rings. The lowest BCUT2D eigenvalue weighted by molar-refractivity contribution is -0.140. The van der Waals surface area contributed by atoms with Crippen molar-refractivity contribution in [3.8, 4) is 0 Å². The van der Waals surface area contributed by atoms with Crippen LogP contribution in [0.3, 0.4) is 0 Å². The Balaban J connectivity index is 2.76. The molecule has 1 rings (SSSR count). The number of halogens is 2. The highest BCUT2D eigenvalue weighted by Crippen LogP contribution is 2.16. The van der Waals surface area contributed by atoms with Gasteiger partial charge in [-0.05, 0) is 18.1 Å². The van der Waals surface area contributed by atoms with E-state index in [-0.39, 0.29) is 4.49 Å². The van der Waals surface area contributed by atoms with E-state index in [1.807, 2.05) is 30.3 Å². The fourth-order valence-electron chi connectivity index (χ4n) is 1.24.